The maximum Gasteiger partial charge on any atom is 0.222 e. The Morgan fingerprint density at radius 1 is 1.33 bits per heavy atom. The summed E-state index contributed by atoms with van der Waals surface area (Å²) in [5.74, 6) is 1.41. The molecule has 0 saturated carbocycles. The quantitative estimate of drug-likeness (QED) is 0.694. The van der Waals surface area contributed by atoms with Crippen molar-refractivity contribution in [3.63, 3.8) is 0 Å². The molecule has 0 bridgehead atoms. The van der Waals surface area contributed by atoms with Gasteiger partial charge in [-0.25, -0.2) is 9.97 Å². The van der Waals surface area contributed by atoms with E-state index in [0.29, 0.717) is 18.2 Å². The molecule has 1 atom stereocenters. The molecule has 0 aliphatic rings. The summed E-state index contributed by atoms with van der Waals surface area (Å²) in [7, 11) is 0. The van der Waals surface area contributed by atoms with E-state index in [1.165, 1.54) is 0 Å². The highest BCUT2D eigenvalue weighted by Gasteiger charge is 2.11. The molecule has 7 nitrogen and oxygen atoms in total. The SMILES string of the molecule is CCC[C@H](C)Nc1nc(N)ncc1OCc1cn2ccccc2n1. The van der Waals surface area contributed by atoms with Gasteiger partial charge >= 0.3 is 0 Å². The van der Waals surface area contributed by atoms with Crippen LogP contribution < -0.4 is 15.8 Å². The third-order valence-corrected chi connectivity index (χ3v) is 3.67. The third kappa shape index (κ3) is 3.73. The Morgan fingerprint density at radius 3 is 3.00 bits per heavy atom. The van der Waals surface area contributed by atoms with Gasteiger partial charge in [-0.2, -0.15) is 4.98 Å². The summed E-state index contributed by atoms with van der Waals surface area (Å²) in [5.41, 5.74) is 7.43. The predicted molar refractivity (Wildman–Crippen MR) is 94.0 cm³/mol. The zero-order valence-corrected chi connectivity index (χ0v) is 13.9. The molecule has 0 aromatic carbocycles. The van der Waals surface area contributed by atoms with Gasteiger partial charge in [0.1, 0.15) is 12.3 Å². The van der Waals surface area contributed by atoms with Crippen LogP contribution in [0.5, 0.6) is 5.75 Å². The zero-order valence-electron chi connectivity index (χ0n) is 13.9. The Hall–Kier alpha value is -2.83. The number of anilines is 2. The molecule has 0 amide bonds. The smallest absolute Gasteiger partial charge is 0.222 e. The fourth-order valence-corrected chi connectivity index (χ4v) is 2.54. The zero-order chi connectivity index (χ0) is 16.9. The monoisotopic (exact) mass is 326 g/mol. The average Bonchev–Trinajstić information content (AvgIpc) is 2.97. The molecule has 3 N–H and O–H groups in total. The molecule has 0 radical (unpaired) electrons. The lowest BCUT2D eigenvalue weighted by Crippen LogP contribution is -2.17. The van der Waals surface area contributed by atoms with Crippen LogP contribution in [-0.4, -0.2) is 25.4 Å². The number of hydrogen-bond donors (Lipinski definition) is 2. The molecule has 0 saturated heterocycles. The number of fused-ring (bicyclic) bond motifs is 1. The normalized spacial score (nSPS) is 12.2. The number of hydrogen-bond acceptors (Lipinski definition) is 6. The van der Waals surface area contributed by atoms with Crippen molar-refractivity contribution in [2.24, 2.45) is 0 Å². The molecule has 0 unspecified atom stereocenters. The fraction of sp³-hybridized carbons (Fsp3) is 0.353. The van der Waals surface area contributed by atoms with E-state index in [2.05, 4.69) is 34.1 Å². The van der Waals surface area contributed by atoms with E-state index in [4.69, 9.17) is 10.5 Å². The van der Waals surface area contributed by atoms with E-state index in [1.54, 1.807) is 6.20 Å². The summed E-state index contributed by atoms with van der Waals surface area (Å²) in [6, 6.07) is 6.15. The molecule has 3 aromatic rings. The highest BCUT2D eigenvalue weighted by molar-refractivity contribution is 5.51. The molecule has 3 aromatic heterocycles. The summed E-state index contributed by atoms with van der Waals surface area (Å²) in [5, 5.41) is 3.33. The standard InChI is InChI=1S/C17H22N6O/c1-3-6-12(2)20-16-14(9-19-17(18)22-16)24-11-13-10-23-8-5-4-7-15(23)21-13/h4-5,7-10,12H,3,6,11H2,1-2H3,(H3,18,19,20,22)/t12-/m0/s1. The number of nitrogens with zero attached hydrogens (tertiary/aromatic N) is 4. The minimum Gasteiger partial charge on any atom is -0.482 e. The maximum atomic E-state index is 5.87. The van der Waals surface area contributed by atoms with Gasteiger partial charge in [-0.1, -0.05) is 19.4 Å². The minimum absolute atomic E-state index is 0.223. The molecule has 0 aliphatic carbocycles. The van der Waals surface area contributed by atoms with Gasteiger partial charge in [0.2, 0.25) is 5.95 Å². The van der Waals surface area contributed by atoms with Crippen molar-refractivity contribution in [2.75, 3.05) is 11.1 Å². The van der Waals surface area contributed by atoms with Crippen LogP contribution in [0.25, 0.3) is 5.65 Å². The van der Waals surface area contributed by atoms with E-state index < -0.39 is 0 Å². The summed E-state index contributed by atoms with van der Waals surface area (Å²) in [6.07, 6.45) is 7.62. The van der Waals surface area contributed by atoms with Crippen LogP contribution in [0, 0.1) is 0 Å². The Morgan fingerprint density at radius 2 is 2.21 bits per heavy atom. The number of nitrogens with two attached hydrogens (primary N) is 1. The van der Waals surface area contributed by atoms with Crippen molar-refractivity contribution in [2.45, 2.75) is 39.3 Å². The molecule has 24 heavy (non-hydrogen) atoms. The fourth-order valence-electron chi connectivity index (χ4n) is 2.54. The van der Waals surface area contributed by atoms with Crippen LogP contribution in [0.1, 0.15) is 32.4 Å². The van der Waals surface area contributed by atoms with Crippen LogP contribution in [0.3, 0.4) is 0 Å². The van der Waals surface area contributed by atoms with Crippen LogP contribution in [-0.2, 0) is 6.61 Å². The molecule has 7 heteroatoms. The second-order valence-corrected chi connectivity index (χ2v) is 5.76. The van der Waals surface area contributed by atoms with Gasteiger partial charge in [0.05, 0.1) is 11.9 Å². The van der Waals surface area contributed by atoms with Crippen molar-refractivity contribution >= 4 is 17.4 Å². The first-order valence-corrected chi connectivity index (χ1v) is 8.10. The molecule has 0 fully saturated rings. The number of rotatable bonds is 7. The van der Waals surface area contributed by atoms with E-state index in [-0.39, 0.29) is 12.0 Å². The Kier molecular flexibility index (Phi) is 4.79. The summed E-state index contributed by atoms with van der Waals surface area (Å²) in [6.45, 7) is 4.59. The van der Waals surface area contributed by atoms with Gasteiger partial charge in [-0.3, -0.25) is 0 Å². The van der Waals surface area contributed by atoms with Gasteiger partial charge in [-0.15, -0.1) is 0 Å². The summed E-state index contributed by atoms with van der Waals surface area (Å²) in [4.78, 5) is 12.8. The van der Waals surface area contributed by atoms with Crippen LogP contribution >= 0.6 is 0 Å². The average molecular weight is 326 g/mol. The van der Waals surface area contributed by atoms with Gasteiger partial charge < -0.3 is 20.2 Å². The molecule has 3 rings (SSSR count). The molecule has 3 heterocycles. The van der Waals surface area contributed by atoms with E-state index >= 15 is 0 Å². The van der Waals surface area contributed by atoms with Crippen molar-refractivity contribution in [3.8, 4) is 5.75 Å². The molecule has 0 spiro atoms. The second kappa shape index (κ2) is 7.16. The third-order valence-electron chi connectivity index (χ3n) is 3.67. The maximum absolute atomic E-state index is 5.87. The first kappa shape index (κ1) is 16.0. The van der Waals surface area contributed by atoms with Gasteiger partial charge in [0.15, 0.2) is 11.6 Å². The van der Waals surface area contributed by atoms with Gasteiger partial charge in [-0.05, 0) is 25.5 Å². The minimum atomic E-state index is 0.223. The molecule has 0 aliphatic heterocycles. The largest absolute Gasteiger partial charge is 0.482 e. The number of aromatic nitrogens is 4. The molecular weight excluding hydrogens is 304 g/mol. The highest BCUT2D eigenvalue weighted by atomic mass is 16.5. The number of pyridine rings is 1. The van der Waals surface area contributed by atoms with Gasteiger partial charge in [0.25, 0.3) is 0 Å². The molecular formula is C17H22N6O. The van der Waals surface area contributed by atoms with E-state index in [9.17, 15) is 0 Å². The van der Waals surface area contributed by atoms with Crippen LogP contribution in [0.15, 0.2) is 36.8 Å². The summed E-state index contributed by atoms with van der Waals surface area (Å²) >= 11 is 0. The Labute approximate surface area is 140 Å². The summed E-state index contributed by atoms with van der Waals surface area (Å²) < 4.78 is 7.83. The van der Waals surface area contributed by atoms with Crippen molar-refractivity contribution in [1.29, 1.82) is 0 Å². The van der Waals surface area contributed by atoms with Crippen LogP contribution in [0.4, 0.5) is 11.8 Å². The first-order valence-electron chi connectivity index (χ1n) is 8.10. The van der Waals surface area contributed by atoms with E-state index in [0.717, 1.165) is 24.2 Å². The van der Waals surface area contributed by atoms with Crippen molar-refractivity contribution in [3.05, 3.63) is 42.5 Å². The van der Waals surface area contributed by atoms with Crippen molar-refractivity contribution < 1.29 is 4.74 Å². The number of nitrogen functional groups attached to an aromatic ring is 1. The predicted octanol–water partition coefficient (Wildman–Crippen LogP) is 2.89. The number of imidazole rings is 1. The lowest BCUT2D eigenvalue weighted by Gasteiger charge is -2.16. The van der Waals surface area contributed by atoms with Gasteiger partial charge in [0, 0.05) is 18.4 Å². The number of nitrogens with one attached hydrogen (secondary N) is 1. The lowest BCUT2D eigenvalue weighted by molar-refractivity contribution is 0.301. The van der Waals surface area contributed by atoms with Crippen LogP contribution in [0.2, 0.25) is 0 Å². The second-order valence-electron chi connectivity index (χ2n) is 5.76. The first-order chi connectivity index (χ1) is 11.7. The van der Waals surface area contributed by atoms with Crippen molar-refractivity contribution in [1.82, 2.24) is 19.4 Å². The highest BCUT2D eigenvalue weighted by Crippen LogP contribution is 2.24. The Bertz CT molecular complexity index is 783. The number of ether oxygens (including phenoxy) is 1. The Balaban J connectivity index is 1.74. The lowest BCUT2D eigenvalue weighted by atomic mass is 10.2. The topological polar surface area (TPSA) is 90.4 Å². The molecule has 126 valence electrons. The van der Waals surface area contributed by atoms with E-state index in [1.807, 2.05) is 35.0 Å².